The highest BCUT2D eigenvalue weighted by molar-refractivity contribution is 9.10. The number of esters is 1. The molecule has 1 aromatic carbocycles. The van der Waals surface area contributed by atoms with Gasteiger partial charge in [0.1, 0.15) is 5.82 Å². The first-order valence-corrected chi connectivity index (χ1v) is 12.8. The summed E-state index contributed by atoms with van der Waals surface area (Å²) in [5.41, 5.74) is 9.43. The van der Waals surface area contributed by atoms with Crippen molar-refractivity contribution < 1.29 is 14.3 Å². The van der Waals surface area contributed by atoms with E-state index in [1.807, 2.05) is 35.2 Å². The lowest BCUT2D eigenvalue weighted by Crippen LogP contribution is -2.40. The monoisotopic (exact) mass is 528 g/mol. The van der Waals surface area contributed by atoms with Gasteiger partial charge in [0.25, 0.3) is 0 Å². The van der Waals surface area contributed by atoms with Crippen LogP contribution in [0.1, 0.15) is 62.6 Å². The number of ketones is 1. The highest BCUT2D eigenvalue weighted by Crippen LogP contribution is 2.49. The molecule has 0 radical (unpaired) electrons. The lowest BCUT2D eigenvalue weighted by Gasteiger charge is -2.40. The number of nitrogens with zero attached hydrogens (tertiary/aromatic N) is 1. The van der Waals surface area contributed by atoms with E-state index in [9.17, 15) is 9.59 Å². The molecule has 5 nitrogen and oxygen atoms in total. The number of nitrogens with two attached hydrogens (primary N) is 1. The number of benzene rings is 1. The summed E-state index contributed by atoms with van der Waals surface area (Å²) in [5.74, 6) is -0.583. The van der Waals surface area contributed by atoms with Crippen LogP contribution in [-0.2, 0) is 19.7 Å². The lowest BCUT2D eigenvalue weighted by atomic mass is 9.77. The van der Waals surface area contributed by atoms with E-state index in [4.69, 9.17) is 10.5 Å². The Labute approximate surface area is 207 Å². The van der Waals surface area contributed by atoms with Crippen molar-refractivity contribution in [3.8, 4) is 0 Å². The van der Waals surface area contributed by atoms with Crippen molar-refractivity contribution in [2.45, 2.75) is 58.3 Å². The van der Waals surface area contributed by atoms with Gasteiger partial charge in [-0.2, -0.15) is 0 Å². The quantitative estimate of drug-likeness (QED) is 0.481. The summed E-state index contributed by atoms with van der Waals surface area (Å²) in [6.07, 6.45) is 1.95. The highest BCUT2D eigenvalue weighted by Gasteiger charge is 2.43. The number of ether oxygens (including phenoxy) is 1. The van der Waals surface area contributed by atoms with E-state index in [0.717, 1.165) is 33.6 Å². The Morgan fingerprint density at radius 2 is 1.88 bits per heavy atom. The number of Topliss-reactive ketones (excluding diaryl/α,β-unsaturated/α-hetero) is 1. The second-order valence-corrected chi connectivity index (χ2v) is 11.4. The highest BCUT2D eigenvalue weighted by atomic mass is 79.9. The van der Waals surface area contributed by atoms with Crippen molar-refractivity contribution in [3.05, 3.63) is 73.3 Å². The maximum atomic E-state index is 13.4. The van der Waals surface area contributed by atoms with Gasteiger partial charge in [0.05, 0.1) is 18.1 Å². The van der Waals surface area contributed by atoms with Crippen LogP contribution >= 0.6 is 27.3 Å². The number of carbonyl (C=O) groups excluding carboxylic acids is 2. The van der Waals surface area contributed by atoms with Crippen LogP contribution in [0.2, 0.25) is 0 Å². The fourth-order valence-corrected chi connectivity index (χ4v) is 5.93. The van der Waals surface area contributed by atoms with Gasteiger partial charge in [-0.25, -0.2) is 4.79 Å². The first kappa shape index (κ1) is 23.8. The Balaban J connectivity index is 1.96. The average molecular weight is 530 g/mol. The number of anilines is 1. The van der Waals surface area contributed by atoms with Crippen molar-refractivity contribution in [3.63, 3.8) is 0 Å². The van der Waals surface area contributed by atoms with Gasteiger partial charge >= 0.3 is 5.97 Å². The zero-order valence-electron chi connectivity index (χ0n) is 19.4. The fourth-order valence-electron chi connectivity index (χ4n) is 4.48. The van der Waals surface area contributed by atoms with Crippen molar-refractivity contribution in [1.82, 2.24) is 0 Å². The van der Waals surface area contributed by atoms with Gasteiger partial charge in [-0.1, -0.05) is 36.7 Å². The maximum absolute atomic E-state index is 13.4. The molecule has 33 heavy (non-hydrogen) atoms. The summed E-state index contributed by atoms with van der Waals surface area (Å²) < 4.78 is 6.40. The van der Waals surface area contributed by atoms with Gasteiger partial charge in [0, 0.05) is 37.6 Å². The Hall–Kier alpha value is -2.38. The molecule has 4 rings (SSSR count). The van der Waals surface area contributed by atoms with Gasteiger partial charge < -0.3 is 10.5 Å². The predicted octanol–water partition coefficient (Wildman–Crippen LogP) is 6.15. The van der Waals surface area contributed by atoms with Crippen LogP contribution < -0.4 is 10.6 Å². The van der Waals surface area contributed by atoms with E-state index in [0.29, 0.717) is 23.4 Å². The third-order valence-corrected chi connectivity index (χ3v) is 8.13. The molecule has 1 aliphatic heterocycles. The molecule has 1 aromatic heterocycles. The summed E-state index contributed by atoms with van der Waals surface area (Å²) >= 11 is 5.11. The SMILES string of the molecule is CCOC(=O)C1=C(N)N(c2ccc(Br)cc2)C2=C(C(=O)CCC2)C1c1ccc(C(C)(C)C)s1. The largest absolute Gasteiger partial charge is 0.463 e. The van der Waals surface area contributed by atoms with Gasteiger partial charge in [0.2, 0.25) is 0 Å². The van der Waals surface area contributed by atoms with Crippen molar-refractivity contribution in [1.29, 1.82) is 0 Å². The second-order valence-electron chi connectivity index (χ2n) is 9.35. The zero-order valence-corrected chi connectivity index (χ0v) is 21.8. The topological polar surface area (TPSA) is 72.6 Å². The number of rotatable bonds is 4. The number of carbonyl (C=O) groups is 2. The molecule has 1 aliphatic carbocycles. The molecular weight excluding hydrogens is 500 g/mol. The Kier molecular flexibility index (Phi) is 6.56. The van der Waals surface area contributed by atoms with Crippen LogP contribution in [-0.4, -0.2) is 18.4 Å². The number of hydrogen-bond acceptors (Lipinski definition) is 6. The molecule has 0 spiro atoms. The number of thiophene rings is 1. The molecule has 174 valence electrons. The third kappa shape index (κ3) is 4.41. The molecule has 2 aromatic rings. The molecule has 2 heterocycles. The van der Waals surface area contributed by atoms with E-state index in [-0.39, 0.29) is 17.8 Å². The van der Waals surface area contributed by atoms with Gasteiger partial charge in [-0.05, 0) is 61.6 Å². The molecule has 1 unspecified atom stereocenters. The molecule has 2 aliphatic rings. The van der Waals surface area contributed by atoms with Crippen molar-refractivity contribution >= 4 is 44.7 Å². The fraction of sp³-hybridized carbons (Fsp3) is 0.385. The Bertz CT molecular complexity index is 1150. The standard InChI is InChI=1S/C26H29BrN2O3S/c1-5-32-25(31)23-22(19-13-14-20(33-19)26(2,3)4)21-17(7-6-8-18(21)30)29(24(23)28)16-11-9-15(27)10-12-16/h9-14,22H,5-8,28H2,1-4H3. The minimum Gasteiger partial charge on any atom is -0.463 e. The lowest BCUT2D eigenvalue weighted by molar-refractivity contribution is -0.138. The second kappa shape index (κ2) is 9.11. The summed E-state index contributed by atoms with van der Waals surface area (Å²) in [6.45, 7) is 8.49. The van der Waals surface area contributed by atoms with Gasteiger partial charge in [0.15, 0.2) is 5.78 Å². The van der Waals surface area contributed by atoms with E-state index >= 15 is 0 Å². The number of halogens is 1. The predicted molar refractivity (Wildman–Crippen MR) is 136 cm³/mol. The van der Waals surface area contributed by atoms with E-state index in [1.54, 1.807) is 18.3 Å². The number of allylic oxidation sites excluding steroid dienone is 2. The van der Waals surface area contributed by atoms with Crippen molar-refractivity contribution in [2.24, 2.45) is 5.73 Å². The molecule has 2 N–H and O–H groups in total. The summed E-state index contributed by atoms with van der Waals surface area (Å²) in [5, 5.41) is 0. The molecule has 0 amide bonds. The van der Waals surface area contributed by atoms with Crippen LogP contribution in [0.5, 0.6) is 0 Å². The Morgan fingerprint density at radius 1 is 1.18 bits per heavy atom. The van der Waals surface area contributed by atoms with Crippen LogP contribution in [0.25, 0.3) is 0 Å². The maximum Gasteiger partial charge on any atom is 0.338 e. The van der Waals surface area contributed by atoms with E-state index in [1.165, 1.54) is 4.88 Å². The van der Waals surface area contributed by atoms with E-state index in [2.05, 4.69) is 42.8 Å². The normalized spacial score (nSPS) is 19.1. The summed E-state index contributed by atoms with van der Waals surface area (Å²) in [4.78, 5) is 30.7. The Morgan fingerprint density at radius 3 is 2.48 bits per heavy atom. The first-order valence-electron chi connectivity index (χ1n) is 11.2. The molecule has 0 fully saturated rings. The molecule has 0 bridgehead atoms. The summed E-state index contributed by atoms with van der Waals surface area (Å²) in [7, 11) is 0. The number of hydrogen-bond donors (Lipinski definition) is 1. The minimum absolute atomic E-state index is 0.0336. The first-order chi connectivity index (χ1) is 15.6. The molecule has 0 saturated carbocycles. The van der Waals surface area contributed by atoms with Crippen LogP contribution in [0.4, 0.5) is 5.69 Å². The van der Waals surface area contributed by atoms with E-state index < -0.39 is 11.9 Å². The smallest absolute Gasteiger partial charge is 0.338 e. The van der Waals surface area contributed by atoms with Gasteiger partial charge in [-0.15, -0.1) is 11.3 Å². The third-order valence-electron chi connectivity index (χ3n) is 6.02. The minimum atomic E-state index is -0.514. The molecule has 7 heteroatoms. The van der Waals surface area contributed by atoms with Crippen molar-refractivity contribution in [2.75, 3.05) is 11.5 Å². The zero-order chi connectivity index (χ0) is 23.9. The van der Waals surface area contributed by atoms with Gasteiger partial charge in [-0.3, -0.25) is 9.69 Å². The molecular formula is C26H29BrN2O3S. The van der Waals surface area contributed by atoms with Crippen LogP contribution in [0.15, 0.2) is 63.5 Å². The van der Waals surface area contributed by atoms with Crippen LogP contribution in [0.3, 0.4) is 0 Å². The van der Waals surface area contributed by atoms with Crippen LogP contribution in [0, 0.1) is 0 Å². The molecule has 1 atom stereocenters. The summed E-state index contributed by atoms with van der Waals surface area (Å²) in [6, 6.07) is 11.9. The molecule has 0 saturated heterocycles. The average Bonchev–Trinajstić information content (AvgIpc) is 3.25.